The molecular weight excluding hydrogens is 400 g/mol. The number of aromatic amines is 1. The first kappa shape index (κ1) is 18.1. The smallest absolute Gasteiger partial charge is 0.338 e. The molecule has 0 aliphatic heterocycles. The maximum absolute atomic E-state index is 12.4. The molecule has 0 atom stereocenters. The summed E-state index contributed by atoms with van der Waals surface area (Å²) in [5.41, 5.74) is 2.85. The molecule has 0 saturated carbocycles. The lowest BCUT2D eigenvalue weighted by molar-refractivity contribution is 0.0472. The van der Waals surface area contributed by atoms with Crippen molar-refractivity contribution in [2.45, 2.75) is 6.61 Å². The van der Waals surface area contributed by atoms with E-state index in [1.807, 2.05) is 6.07 Å². The Morgan fingerprint density at radius 1 is 1.11 bits per heavy atom. The van der Waals surface area contributed by atoms with Crippen LogP contribution >= 0.6 is 22.9 Å². The van der Waals surface area contributed by atoms with Crippen molar-refractivity contribution in [3.63, 3.8) is 0 Å². The molecule has 0 radical (unpaired) electrons. The molecule has 0 spiro atoms. The predicted molar refractivity (Wildman–Crippen MR) is 107 cm³/mol. The zero-order valence-corrected chi connectivity index (χ0v) is 15.9. The van der Waals surface area contributed by atoms with Crippen LogP contribution < -0.4 is 5.32 Å². The number of hydrogen-bond donors (Lipinski definition) is 2. The summed E-state index contributed by atoms with van der Waals surface area (Å²) in [5, 5.41) is 15.4. The van der Waals surface area contributed by atoms with Crippen molar-refractivity contribution in [1.82, 2.24) is 15.4 Å². The predicted octanol–water partition coefficient (Wildman–Crippen LogP) is 4.28. The number of hydrogen-bond acceptors (Lipinski definition) is 6. The van der Waals surface area contributed by atoms with E-state index >= 15 is 0 Å². The average Bonchev–Trinajstić information content (AvgIpc) is 3.39. The van der Waals surface area contributed by atoms with E-state index in [2.05, 4.69) is 20.7 Å². The number of nitrogens with one attached hydrogen (secondary N) is 2. The van der Waals surface area contributed by atoms with E-state index in [-0.39, 0.29) is 18.1 Å². The largest absolute Gasteiger partial charge is 0.457 e. The molecule has 2 aromatic carbocycles. The van der Waals surface area contributed by atoms with Gasteiger partial charge in [0, 0.05) is 0 Å². The molecule has 7 nitrogen and oxygen atoms in total. The van der Waals surface area contributed by atoms with Gasteiger partial charge in [0.25, 0.3) is 5.91 Å². The summed E-state index contributed by atoms with van der Waals surface area (Å²) in [6.45, 7) is 0.0845. The Balaban J connectivity index is 1.45. The second kappa shape index (κ2) is 7.79. The lowest BCUT2D eigenvalue weighted by atomic mass is 10.2. The Labute approximate surface area is 168 Å². The number of benzene rings is 2. The molecule has 0 saturated heterocycles. The number of H-pyrrole nitrogens is 1. The fourth-order valence-corrected chi connectivity index (χ4v) is 3.33. The number of halogens is 1. The normalized spacial score (nSPS) is 10.8. The van der Waals surface area contributed by atoms with Gasteiger partial charge in [-0.1, -0.05) is 23.7 Å². The Morgan fingerprint density at radius 2 is 1.96 bits per heavy atom. The van der Waals surface area contributed by atoms with Crippen LogP contribution in [0.4, 0.5) is 5.69 Å². The molecule has 28 heavy (non-hydrogen) atoms. The number of ether oxygens (including phenoxy) is 1. The standard InChI is InChI=1S/C19H13ClN4O3S/c20-13-5-4-12(9-15(13)21-18(25)17-2-1-7-28-17)19(26)27-10-11-3-6-14-16(8-11)23-24-22-14/h1-9H,10H2,(H,21,25)(H,22,23,24). The highest BCUT2D eigenvalue weighted by Crippen LogP contribution is 2.25. The van der Waals surface area contributed by atoms with Gasteiger partial charge in [-0.15, -0.1) is 11.3 Å². The minimum Gasteiger partial charge on any atom is -0.457 e. The van der Waals surface area contributed by atoms with Crippen molar-refractivity contribution in [1.29, 1.82) is 0 Å². The van der Waals surface area contributed by atoms with Gasteiger partial charge in [0.1, 0.15) is 17.6 Å². The molecule has 4 aromatic rings. The minimum absolute atomic E-state index is 0.0845. The highest BCUT2D eigenvalue weighted by atomic mass is 35.5. The molecule has 2 N–H and O–H groups in total. The number of nitrogens with zero attached hydrogens (tertiary/aromatic N) is 2. The maximum atomic E-state index is 12.4. The van der Waals surface area contributed by atoms with Gasteiger partial charge in [0.05, 0.1) is 21.2 Å². The van der Waals surface area contributed by atoms with Crippen LogP contribution in [0.5, 0.6) is 0 Å². The number of carbonyl (C=O) groups is 2. The highest BCUT2D eigenvalue weighted by Gasteiger charge is 2.14. The molecule has 4 rings (SSSR count). The third-order valence-corrected chi connectivity index (χ3v) is 5.14. The van der Waals surface area contributed by atoms with E-state index in [9.17, 15) is 9.59 Å². The van der Waals surface area contributed by atoms with Crippen molar-refractivity contribution in [3.8, 4) is 0 Å². The molecule has 9 heteroatoms. The van der Waals surface area contributed by atoms with Gasteiger partial charge in [-0.2, -0.15) is 15.4 Å². The number of rotatable bonds is 5. The molecule has 2 aromatic heterocycles. The molecular formula is C19H13ClN4O3S. The summed E-state index contributed by atoms with van der Waals surface area (Å²) in [6, 6.07) is 13.5. The summed E-state index contributed by atoms with van der Waals surface area (Å²) in [5.74, 6) is -0.813. The molecule has 140 valence electrons. The number of esters is 1. The van der Waals surface area contributed by atoms with E-state index in [0.29, 0.717) is 21.1 Å². The second-order valence-electron chi connectivity index (χ2n) is 5.85. The first-order chi connectivity index (χ1) is 13.6. The van der Waals surface area contributed by atoms with Crippen LogP contribution in [0.15, 0.2) is 53.9 Å². The topological polar surface area (TPSA) is 97.0 Å². The Hall–Kier alpha value is -3.23. The number of amides is 1. The molecule has 1 amide bonds. The lowest BCUT2D eigenvalue weighted by Crippen LogP contribution is -2.12. The van der Waals surface area contributed by atoms with Crippen molar-refractivity contribution < 1.29 is 14.3 Å². The van der Waals surface area contributed by atoms with Crippen LogP contribution in [-0.4, -0.2) is 27.3 Å². The summed E-state index contributed by atoms with van der Waals surface area (Å²) < 4.78 is 5.36. The number of thiophene rings is 1. The SMILES string of the molecule is O=C(OCc1ccc2n[nH]nc2c1)c1ccc(Cl)c(NC(=O)c2cccs2)c1. The summed E-state index contributed by atoms with van der Waals surface area (Å²) in [4.78, 5) is 25.2. The highest BCUT2D eigenvalue weighted by molar-refractivity contribution is 7.12. The lowest BCUT2D eigenvalue weighted by Gasteiger charge is -2.09. The molecule has 0 unspecified atom stereocenters. The first-order valence-corrected chi connectivity index (χ1v) is 9.47. The third kappa shape index (κ3) is 3.88. The number of anilines is 1. The number of fused-ring (bicyclic) bond motifs is 1. The van der Waals surface area contributed by atoms with Gasteiger partial charge in [-0.05, 0) is 47.3 Å². The number of carbonyl (C=O) groups excluding carboxylic acids is 2. The van der Waals surface area contributed by atoms with Gasteiger partial charge < -0.3 is 10.1 Å². The molecule has 0 fully saturated rings. The summed E-state index contributed by atoms with van der Waals surface area (Å²) >= 11 is 7.46. The average molecular weight is 413 g/mol. The fraction of sp³-hybridized carbons (Fsp3) is 0.0526. The van der Waals surface area contributed by atoms with E-state index in [4.69, 9.17) is 16.3 Å². The van der Waals surface area contributed by atoms with Crippen LogP contribution in [-0.2, 0) is 11.3 Å². The zero-order chi connectivity index (χ0) is 19.5. The molecule has 2 heterocycles. The second-order valence-corrected chi connectivity index (χ2v) is 7.20. The van der Waals surface area contributed by atoms with E-state index < -0.39 is 5.97 Å². The van der Waals surface area contributed by atoms with Gasteiger partial charge in [0.15, 0.2) is 0 Å². The third-order valence-electron chi connectivity index (χ3n) is 3.95. The number of aromatic nitrogens is 3. The Kier molecular flexibility index (Phi) is 5.05. The molecule has 0 aliphatic carbocycles. The van der Waals surface area contributed by atoms with Crippen molar-refractivity contribution in [3.05, 3.63) is 74.9 Å². The van der Waals surface area contributed by atoms with Crippen LogP contribution in [0.25, 0.3) is 11.0 Å². The fourth-order valence-electron chi connectivity index (χ4n) is 2.55. The van der Waals surface area contributed by atoms with Gasteiger partial charge in [0.2, 0.25) is 0 Å². The zero-order valence-electron chi connectivity index (χ0n) is 14.3. The van der Waals surface area contributed by atoms with Gasteiger partial charge >= 0.3 is 5.97 Å². The van der Waals surface area contributed by atoms with Crippen LogP contribution in [0, 0.1) is 0 Å². The minimum atomic E-state index is -0.525. The van der Waals surface area contributed by atoms with Gasteiger partial charge in [-0.3, -0.25) is 4.79 Å². The quantitative estimate of drug-likeness (QED) is 0.477. The summed E-state index contributed by atoms with van der Waals surface area (Å²) in [6.07, 6.45) is 0. The Morgan fingerprint density at radius 3 is 2.79 bits per heavy atom. The van der Waals surface area contributed by atoms with Crippen LogP contribution in [0.1, 0.15) is 25.6 Å². The monoisotopic (exact) mass is 412 g/mol. The van der Waals surface area contributed by atoms with Crippen molar-refractivity contribution >= 4 is 51.5 Å². The maximum Gasteiger partial charge on any atom is 0.338 e. The Bertz CT molecular complexity index is 1160. The molecule has 0 bridgehead atoms. The van der Waals surface area contributed by atoms with Crippen molar-refractivity contribution in [2.24, 2.45) is 0 Å². The first-order valence-electron chi connectivity index (χ1n) is 8.21. The molecule has 0 aliphatic rings. The van der Waals surface area contributed by atoms with E-state index in [0.717, 1.165) is 11.1 Å². The van der Waals surface area contributed by atoms with Crippen LogP contribution in [0.3, 0.4) is 0 Å². The van der Waals surface area contributed by atoms with Gasteiger partial charge in [-0.25, -0.2) is 4.79 Å². The van der Waals surface area contributed by atoms with Crippen LogP contribution in [0.2, 0.25) is 5.02 Å². The van der Waals surface area contributed by atoms with E-state index in [1.165, 1.54) is 17.4 Å². The summed E-state index contributed by atoms with van der Waals surface area (Å²) in [7, 11) is 0. The van der Waals surface area contributed by atoms with Crippen molar-refractivity contribution in [2.75, 3.05) is 5.32 Å². The van der Waals surface area contributed by atoms with E-state index in [1.54, 1.807) is 41.8 Å².